The number of hydrogen-bond donors (Lipinski definition) is 2. The molecule has 1 amide bonds. The average molecular weight is 258 g/mol. The minimum atomic E-state index is -0.0313. The molecule has 1 aliphatic heterocycles. The summed E-state index contributed by atoms with van der Waals surface area (Å²) in [6, 6.07) is 0. The van der Waals surface area contributed by atoms with Crippen LogP contribution in [0.25, 0.3) is 0 Å². The predicted molar refractivity (Wildman–Crippen MR) is 70.4 cm³/mol. The number of amides is 1. The Bertz CT molecular complexity index is 251. The van der Waals surface area contributed by atoms with E-state index in [0.29, 0.717) is 19.4 Å². The van der Waals surface area contributed by atoms with Crippen molar-refractivity contribution < 1.29 is 14.6 Å². The largest absolute Gasteiger partial charge is 0.396 e. The molecular weight excluding hydrogens is 232 g/mol. The maximum absolute atomic E-state index is 11.6. The first-order chi connectivity index (χ1) is 8.56. The zero-order chi connectivity index (χ0) is 13.4. The number of ether oxygens (including phenoxy) is 1. The Morgan fingerprint density at radius 1 is 1.33 bits per heavy atom. The Labute approximate surface area is 109 Å². The Morgan fingerprint density at radius 3 is 2.61 bits per heavy atom. The molecular formula is C13H26N2O3. The molecule has 1 saturated heterocycles. The smallest absolute Gasteiger partial charge is 0.220 e. The van der Waals surface area contributed by atoms with Crippen LogP contribution in [0.1, 0.15) is 33.1 Å². The third-order valence-electron chi connectivity index (χ3n) is 3.40. The van der Waals surface area contributed by atoms with Crippen LogP contribution < -0.4 is 5.32 Å². The van der Waals surface area contributed by atoms with Gasteiger partial charge < -0.3 is 15.2 Å². The summed E-state index contributed by atoms with van der Waals surface area (Å²) in [6.07, 6.45) is 1.94. The molecule has 5 heteroatoms. The van der Waals surface area contributed by atoms with Crippen LogP contribution in [0.4, 0.5) is 0 Å². The van der Waals surface area contributed by atoms with E-state index in [4.69, 9.17) is 9.84 Å². The summed E-state index contributed by atoms with van der Waals surface area (Å²) >= 11 is 0. The Hall–Kier alpha value is -0.650. The number of aliphatic hydroxyl groups excluding tert-OH is 1. The van der Waals surface area contributed by atoms with Gasteiger partial charge in [0, 0.05) is 38.2 Å². The van der Waals surface area contributed by atoms with Gasteiger partial charge in [0.15, 0.2) is 0 Å². The number of unbranched alkanes of at least 4 members (excludes halogenated alkanes) is 1. The molecule has 18 heavy (non-hydrogen) atoms. The summed E-state index contributed by atoms with van der Waals surface area (Å²) in [5, 5.41) is 11.6. The van der Waals surface area contributed by atoms with Crippen molar-refractivity contribution in [2.24, 2.45) is 0 Å². The summed E-state index contributed by atoms with van der Waals surface area (Å²) in [5.74, 6) is 0.0739. The summed E-state index contributed by atoms with van der Waals surface area (Å²) in [7, 11) is 0. The minimum absolute atomic E-state index is 0.0313. The van der Waals surface area contributed by atoms with E-state index in [0.717, 1.165) is 32.7 Å². The summed E-state index contributed by atoms with van der Waals surface area (Å²) in [5.41, 5.74) is -0.0313. The van der Waals surface area contributed by atoms with Crippen molar-refractivity contribution in [2.45, 2.75) is 38.6 Å². The van der Waals surface area contributed by atoms with Gasteiger partial charge in [-0.05, 0) is 26.7 Å². The predicted octanol–water partition coefficient (Wildman–Crippen LogP) is 0.376. The van der Waals surface area contributed by atoms with Crippen LogP contribution in [0.2, 0.25) is 0 Å². The van der Waals surface area contributed by atoms with E-state index in [1.165, 1.54) is 0 Å². The molecule has 0 atom stereocenters. The molecule has 0 radical (unpaired) electrons. The van der Waals surface area contributed by atoms with Crippen LogP contribution in [0, 0.1) is 0 Å². The van der Waals surface area contributed by atoms with Gasteiger partial charge in [-0.3, -0.25) is 9.69 Å². The number of nitrogens with one attached hydrogen (secondary N) is 1. The van der Waals surface area contributed by atoms with Crippen LogP contribution in [0.5, 0.6) is 0 Å². The van der Waals surface area contributed by atoms with Crippen molar-refractivity contribution in [3.63, 3.8) is 0 Å². The van der Waals surface area contributed by atoms with E-state index < -0.39 is 0 Å². The molecule has 0 bridgehead atoms. The standard InChI is InChI=1S/C13H26N2O3/c1-13(2,15-6-9-18-10-7-15)11-14-12(17)5-3-4-8-16/h16H,3-11H2,1-2H3,(H,14,17). The molecule has 1 rings (SSSR count). The zero-order valence-corrected chi connectivity index (χ0v) is 11.6. The first-order valence-electron chi connectivity index (χ1n) is 6.76. The normalized spacial score (nSPS) is 17.7. The minimum Gasteiger partial charge on any atom is -0.396 e. The number of carbonyl (C=O) groups is 1. The lowest BCUT2D eigenvalue weighted by Crippen LogP contribution is -2.55. The fourth-order valence-electron chi connectivity index (χ4n) is 2.08. The van der Waals surface area contributed by atoms with Gasteiger partial charge in [-0.1, -0.05) is 0 Å². The fourth-order valence-corrected chi connectivity index (χ4v) is 2.08. The molecule has 1 aliphatic rings. The molecule has 106 valence electrons. The number of hydrogen-bond acceptors (Lipinski definition) is 4. The second-order valence-corrected chi connectivity index (χ2v) is 5.37. The lowest BCUT2D eigenvalue weighted by atomic mass is 10.0. The number of rotatable bonds is 7. The van der Waals surface area contributed by atoms with Gasteiger partial charge in [0.25, 0.3) is 0 Å². The lowest BCUT2D eigenvalue weighted by molar-refractivity contribution is -0.122. The lowest BCUT2D eigenvalue weighted by Gasteiger charge is -2.40. The van der Waals surface area contributed by atoms with Gasteiger partial charge in [-0.25, -0.2) is 0 Å². The van der Waals surface area contributed by atoms with E-state index in [-0.39, 0.29) is 18.1 Å². The van der Waals surface area contributed by atoms with Crippen molar-refractivity contribution in [1.82, 2.24) is 10.2 Å². The van der Waals surface area contributed by atoms with Crippen LogP contribution in [-0.2, 0) is 9.53 Å². The molecule has 0 unspecified atom stereocenters. The topological polar surface area (TPSA) is 61.8 Å². The Kier molecular flexibility index (Phi) is 6.60. The van der Waals surface area contributed by atoms with Crippen LogP contribution in [0.3, 0.4) is 0 Å². The summed E-state index contributed by atoms with van der Waals surface area (Å²) in [6.45, 7) is 8.50. The quantitative estimate of drug-likeness (QED) is 0.648. The van der Waals surface area contributed by atoms with E-state index in [2.05, 4.69) is 24.1 Å². The molecule has 2 N–H and O–H groups in total. The van der Waals surface area contributed by atoms with E-state index in [9.17, 15) is 4.79 Å². The van der Waals surface area contributed by atoms with Gasteiger partial charge in [0.2, 0.25) is 5.91 Å². The van der Waals surface area contributed by atoms with E-state index in [1.807, 2.05) is 0 Å². The Balaban J connectivity index is 2.24. The van der Waals surface area contributed by atoms with Gasteiger partial charge in [-0.15, -0.1) is 0 Å². The van der Waals surface area contributed by atoms with Crippen molar-refractivity contribution in [2.75, 3.05) is 39.5 Å². The SMILES string of the molecule is CC(C)(CNC(=O)CCCCO)N1CCOCC1. The number of nitrogens with zero attached hydrogens (tertiary/aromatic N) is 1. The number of morpholine rings is 1. The molecule has 0 aromatic rings. The molecule has 0 aromatic carbocycles. The van der Waals surface area contributed by atoms with Crippen molar-refractivity contribution >= 4 is 5.91 Å². The molecule has 5 nitrogen and oxygen atoms in total. The van der Waals surface area contributed by atoms with Gasteiger partial charge >= 0.3 is 0 Å². The third kappa shape index (κ3) is 5.33. The summed E-state index contributed by atoms with van der Waals surface area (Å²) in [4.78, 5) is 14.0. The first kappa shape index (κ1) is 15.4. The molecule has 1 fully saturated rings. The second-order valence-electron chi connectivity index (χ2n) is 5.37. The molecule has 0 saturated carbocycles. The van der Waals surface area contributed by atoms with Crippen molar-refractivity contribution in [3.05, 3.63) is 0 Å². The van der Waals surface area contributed by atoms with E-state index >= 15 is 0 Å². The monoisotopic (exact) mass is 258 g/mol. The second kappa shape index (κ2) is 7.71. The maximum atomic E-state index is 11.6. The van der Waals surface area contributed by atoms with Gasteiger partial charge in [0.05, 0.1) is 13.2 Å². The highest BCUT2D eigenvalue weighted by molar-refractivity contribution is 5.75. The van der Waals surface area contributed by atoms with Crippen molar-refractivity contribution in [1.29, 1.82) is 0 Å². The van der Waals surface area contributed by atoms with E-state index in [1.54, 1.807) is 0 Å². The van der Waals surface area contributed by atoms with Gasteiger partial charge in [-0.2, -0.15) is 0 Å². The van der Waals surface area contributed by atoms with Crippen LogP contribution >= 0.6 is 0 Å². The zero-order valence-electron chi connectivity index (χ0n) is 11.6. The fraction of sp³-hybridized carbons (Fsp3) is 0.923. The van der Waals surface area contributed by atoms with Crippen molar-refractivity contribution in [3.8, 4) is 0 Å². The van der Waals surface area contributed by atoms with Crippen LogP contribution in [0.15, 0.2) is 0 Å². The highest BCUT2D eigenvalue weighted by atomic mass is 16.5. The molecule has 0 aromatic heterocycles. The van der Waals surface area contributed by atoms with Crippen LogP contribution in [-0.4, -0.2) is 60.9 Å². The molecule has 1 heterocycles. The molecule has 0 aliphatic carbocycles. The maximum Gasteiger partial charge on any atom is 0.220 e. The number of carbonyl (C=O) groups excluding carboxylic acids is 1. The first-order valence-corrected chi connectivity index (χ1v) is 6.76. The third-order valence-corrected chi connectivity index (χ3v) is 3.40. The highest BCUT2D eigenvalue weighted by Crippen LogP contribution is 2.15. The number of aliphatic hydroxyl groups is 1. The summed E-state index contributed by atoms with van der Waals surface area (Å²) < 4.78 is 5.33. The highest BCUT2D eigenvalue weighted by Gasteiger charge is 2.28. The molecule has 0 spiro atoms. The Morgan fingerprint density at radius 2 is 2.00 bits per heavy atom. The van der Waals surface area contributed by atoms with Gasteiger partial charge in [0.1, 0.15) is 0 Å². The average Bonchev–Trinajstić information content (AvgIpc) is 2.38.